The molecule has 1 atom stereocenters. The third-order valence-corrected chi connectivity index (χ3v) is 8.54. The van der Waals surface area contributed by atoms with Crippen LogP contribution in [-0.4, -0.2) is 34.0 Å². The summed E-state index contributed by atoms with van der Waals surface area (Å²) in [6.45, 7) is 5.58. The van der Waals surface area contributed by atoms with E-state index in [9.17, 15) is 13.2 Å². The van der Waals surface area contributed by atoms with E-state index < -0.39 is 15.9 Å². The summed E-state index contributed by atoms with van der Waals surface area (Å²) in [6, 6.07) is 21.0. The van der Waals surface area contributed by atoms with Crippen molar-refractivity contribution >= 4 is 38.9 Å². The molecule has 1 fully saturated rings. The van der Waals surface area contributed by atoms with Crippen molar-refractivity contribution in [3.8, 4) is 0 Å². The van der Waals surface area contributed by atoms with Crippen molar-refractivity contribution in [2.45, 2.75) is 44.0 Å². The number of amides is 1. The fourth-order valence-corrected chi connectivity index (χ4v) is 5.93. The van der Waals surface area contributed by atoms with Crippen LogP contribution in [0.1, 0.15) is 43.4 Å². The lowest BCUT2D eigenvalue weighted by Crippen LogP contribution is -2.41. The van der Waals surface area contributed by atoms with Gasteiger partial charge < -0.3 is 10.2 Å². The van der Waals surface area contributed by atoms with E-state index in [1.807, 2.05) is 26.0 Å². The van der Waals surface area contributed by atoms with Gasteiger partial charge in [0.2, 0.25) is 5.91 Å². The first-order valence-electron chi connectivity index (χ1n) is 12.2. The van der Waals surface area contributed by atoms with Crippen molar-refractivity contribution in [3.63, 3.8) is 0 Å². The van der Waals surface area contributed by atoms with Gasteiger partial charge in [-0.2, -0.15) is 0 Å². The molecule has 1 unspecified atom stereocenters. The third-order valence-electron chi connectivity index (χ3n) is 6.50. The zero-order chi connectivity index (χ0) is 25.7. The molecule has 3 aromatic carbocycles. The van der Waals surface area contributed by atoms with Gasteiger partial charge in [-0.25, -0.2) is 8.42 Å². The molecule has 1 saturated heterocycles. The summed E-state index contributed by atoms with van der Waals surface area (Å²) < 4.78 is 28.2. The quantitative estimate of drug-likeness (QED) is 0.409. The fourth-order valence-electron chi connectivity index (χ4n) is 4.39. The molecule has 1 N–H and O–H groups in total. The lowest BCUT2D eigenvalue weighted by molar-refractivity contribution is -0.120. The number of anilines is 2. The molecule has 3 aromatic rings. The van der Waals surface area contributed by atoms with Crippen LogP contribution in [0.15, 0.2) is 77.7 Å². The molecule has 1 amide bonds. The van der Waals surface area contributed by atoms with Gasteiger partial charge in [0.25, 0.3) is 10.0 Å². The predicted molar refractivity (Wildman–Crippen MR) is 146 cm³/mol. The molecule has 0 aromatic heterocycles. The number of piperidine rings is 1. The number of aryl methyl sites for hydroxylation is 1. The number of benzene rings is 3. The molecule has 0 saturated carbocycles. The van der Waals surface area contributed by atoms with Gasteiger partial charge in [0.1, 0.15) is 6.54 Å². The van der Waals surface area contributed by atoms with Crippen LogP contribution >= 0.6 is 11.6 Å². The Morgan fingerprint density at radius 3 is 2.17 bits per heavy atom. The SMILES string of the molecule is Cc1ccc(S(=O)(=O)N(CC(=O)NC(C)c2ccc(N3CCCCC3)cc2)c2ccc(Cl)cc2)cc1. The first-order chi connectivity index (χ1) is 17.2. The van der Waals surface area contributed by atoms with Crippen molar-refractivity contribution in [1.82, 2.24) is 5.32 Å². The largest absolute Gasteiger partial charge is 0.372 e. The Labute approximate surface area is 218 Å². The highest BCUT2D eigenvalue weighted by Crippen LogP contribution is 2.26. The smallest absolute Gasteiger partial charge is 0.264 e. The number of nitrogens with zero attached hydrogens (tertiary/aromatic N) is 2. The summed E-state index contributed by atoms with van der Waals surface area (Å²) in [6.07, 6.45) is 3.71. The summed E-state index contributed by atoms with van der Waals surface area (Å²) in [7, 11) is -3.97. The number of hydrogen-bond donors (Lipinski definition) is 1. The molecule has 4 rings (SSSR count). The summed E-state index contributed by atoms with van der Waals surface area (Å²) in [5, 5.41) is 3.44. The number of hydrogen-bond acceptors (Lipinski definition) is 4. The van der Waals surface area contributed by atoms with E-state index in [4.69, 9.17) is 11.6 Å². The van der Waals surface area contributed by atoms with Crippen LogP contribution in [-0.2, 0) is 14.8 Å². The molecular weight excluding hydrogens is 494 g/mol. The number of halogens is 1. The number of rotatable bonds is 8. The van der Waals surface area contributed by atoms with E-state index in [1.54, 1.807) is 48.5 Å². The highest BCUT2D eigenvalue weighted by molar-refractivity contribution is 7.92. The Hall–Kier alpha value is -3.03. The molecule has 8 heteroatoms. The molecule has 190 valence electrons. The summed E-state index contributed by atoms with van der Waals surface area (Å²) in [5.41, 5.74) is 3.47. The van der Waals surface area contributed by atoms with Crippen LogP contribution in [0.5, 0.6) is 0 Å². The van der Waals surface area contributed by atoms with Crippen molar-refractivity contribution in [2.75, 3.05) is 28.8 Å². The van der Waals surface area contributed by atoms with Crippen LogP contribution in [0.4, 0.5) is 11.4 Å². The molecule has 0 radical (unpaired) electrons. The second kappa shape index (κ2) is 11.4. The maximum absolute atomic E-state index is 13.5. The first-order valence-corrected chi connectivity index (χ1v) is 14.0. The topological polar surface area (TPSA) is 69.7 Å². The van der Waals surface area contributed by atoms with Crippen LogP contribution in [0.2, 0.25) is 5.02 Å². The number of nitrogens with one attached hydrogen (secondary N) is 1. The van der Waals surface area contributed by atoms with Gasteiger partial charge in [-0.1, -0.05) is 41.4 Å². The van der Waals surface area contributed by atoms with E-state index in [2.05, 4.69) is 22.3 Å². The van der Waals surface area contributed by atoms with E-state index in [0.29, 0.717) is 10.7 Å². The fraction of sp³-hybridized carbons (Fsp3) is 0.321. The minimum atomic E-state index is -3.97. The average molecular weight is 526 g/mol. The highest BCUT2D eigenvalue weighted by Gasteiger charge is 2.27. The molecule has 0 bridgehead atoms. The Kier molecular flexibility index (Phi) is 8.21. The Balaban J connectivity index is 1.50. The van der Waals surface area contributed by atoms with Crippen molar-refractivity contribution in [2.24, 2.45) is 0 Å². The maximum atomic E-state index is 13.5. The van der Waals surface area contributed by atoms with E-state index in [0.717, 1.165) is 28.5 Å². The van der Waals surface area contributed by atoms with E-state index in [-0.39, 0.29) is 17.5 Å². The number of carbonyl (C=O) groups is 1. The second-order valence-electron chi connectivity index (χ2n) is 9.23. The Bertz CT molecular complexity index is 1270. The molecule has 1 aliphatic rings. The lowest BCUT2D eigenvalue weighted by atomic mass is 10.1. The normalized spacial score (nSPS) is 14.8. The number of sulfonamides is 1. The minimum Gasteiger partial charge on any atom is -0.372 e. The van der Waals surface area contributed by atoms with Crippen molar-refractivity contribution in [1.29, 1.82) is 0 Å². The van der Waals surface area contributed by atoms with Crippen LogP contribution in [0.3, 0.4) is 0 Å². The monoisotopic (exact) mass is 525 g/mol. The van der Waals surface area contributed by atoms with Gasteiger partial charge >= 0.3 is 0 Å². The molecule has 0 spiro atoms. The standard InChI is InChI=1S/C28H32ClN3O3S/c1-21-6-16-27(17-7-21)36(34,35)32(26-14-10-24(29)11-15-26)20-28(33)30-22(2)23-8-12-25(13-9-23)31-18-4-3-5-19-31/h6-17,22H,3-5,18-20H2,1-2H3,(H,30,33). The molecule has 1 heterocycles. The van der Waals surface area contributed by atoms with Crippen LogP contribution in [0.25, 0.3) is 0 Å². The van der Waals surface area contributed by atoms with Gasteiger partial charge in [0.05, 0.1) is 16.6 Å². The van der Waals surface area contributed by atoms with Crippen molar-refractivity contribution < 1.29 is 13.2 Å². The third kappa shape index (κ3) is 6.20. The van der Waals surface area contributed by atoms with Gasteiger partial charge in [-0.3, -0.25) is 9.10 Å². The molecule has 6 nitrogen and oxygen atoms in total. The number of carbonyl (C=O) groups excluding carboxylic acids is 1. The van der Waals surface area contributed by atoms with Crippen LogP contribution < -0.4 is 14.5 Å². The van der Waals surface area contributed by atoms with Gasteiger partial charge in [-0.15, -0.1) is 0 Å². The van der Waals surface area contributed by atoms with Crippen LogP contribution in [0, 0.1) is 6.92 Å². The molecule has 0 aliphatic carbocycles. The first kappa shape index (κ1) is 26.0. The van der Waals surface area contributed by atoms with Gasteiger partial charge in [0, 0.05) is 23.8 Å². The van der Waals surface area contributed by atoms with Gasteiger partial charge in [0.15, 0.2) is 0 Å². The molecular formula is C28H32ClN3O3S. The Morgan fingerprint density at radius 2 is 1.56 bits per heavy atom. The molecule has 1 aliphatic heterocycles. The minimum absolute atomic E-state index is 0.122. The lowest BCUT2D eigenvalue weighted by Gasteiger charge is -2.29. The summed E-state index contributed by atoms with van der Waals surface area (Å²) in [4.78, 5) is 15.6. The Morgan fingerprint density at radius 1 is 0.944 bits per heavy atom. The zero-order valence-corrected chi connectivity index (χ0v) is 22.2. The summed E-state index contributed by atoms with van der Waals surface area (Å²) >= 11 is 6.02. The zero-order valence-electron chi connectivity index (χ0n) is 20.7. The highest BCUT2D eigenvalue weighted by atomic mass is 35.5. The van der Waals surface area contributed by atoms with E-state index >= 15 is 0 Å². The van der Waals surface area contributed by atoms with Gasteiger partial charge in [-0.05, 0) is 87.2 Å². The maximum Gasteiger partial charge on any atom is 0.264 e. The van der Waals surface area contributed by atoms with Crippen molar-refractivity contribution in [3.05, 3.63) is 88.9 Å². The average Bonchev–Trinajstić information content (AvgIpc) is 2.89. The predicted octanol–water partition coefficient (Wildman–Crippen LogP) is 5.71. The molecule has 36 heavy (non-hydrogen) atoms. The van der Waals surface area contributed by atoms with E-state index in [1.165, 1.54) is 24.9 Å². The second-order valence-corrected chi connectivity index (χ2v) is 11.5. The summed E-state index contributed by atoms with van der Waals surface area (Å²) in [5.74, 6) is -0.395.